The van der Waals surface area contributed by atoms with Gasteiger partial charge in [0, 0.05) is 10.5 Å². The van der Waals surface area contributed by atoms with Gasteiger partial charge in [0.1, 0.15) is 0 Å². The van der Waals surface area contributed by atoms with Crippen molar-refractivity contribution in [1.29, 1.82) is 0 Å². The summed E-state index contributed by atoms with van der Waals surface area (Å²) in [4.78, 5) is 24.7. The monoisotopic (exact) mass is 278 g/mol. The number of hydrogen-bond donors (Lipinski definition) is 0. The number of rotatable bonds is 0. The molecule has 0 saturated carbocycles. The summed E-state index contributed by atoms with van der Waals surface area (Å²) in [6, 6.07) is 14.2. The number of aryl methyl sites for hydroxylation is 1. The quantitative estimate of drug-likeness (QED) is 0.458. The van der Waals surface area contributed by atoms with E-state index in [-0.39, 0.29) is 10.9 Å². The summed E-state index contributed by atoms with van der Waals surface area (Å²) >= 11 is 1.06. The van der Waals surface area contributed by atoms with Gasteiger partial charge in [0.15, 0.2) is 0 Å². The molecule has 0 aliphatic carbocycles. The van der Waals surface area contributed by atoms with Crippen LogP contribution in [-0.2, 0) is 4.79 Å². The zero-order valence-corrected chi connectivity index (χ0v) is 11.6. The molecular weight excluding hydrogens is 268 g/mol. The first-order chi connectivity index (χ1) is 9.65. The fraction of sp³-hybridized carbons (Fsp3) is 0.0588. The van der Waals surface area contributed by atoms with E-state index in [9.17, 15) is 9.59 Å². The zero-order chi connectivity index (χ0) is 13.9. The maximum atomic E-state index is 12.1. The van der Waals surface area contributed by atoms with Gasteiger partial charge in [-0.25, -0.2) is 0 Å². The number of Topliss-reactive ketones (excluding diaryl/α,β-unsaturated/α-hetero) is 1. The highest BCUT2D eigenvalue weighted by molar-refractivity contribution is 8.16. The Morgan fingerprint density at radius 2 is 1.60 bits per heavy atom. The van der Waals surface area contributed by atoms with E-state index in [1.165, 1.54) is 0 Å². The lowest BCUT2D eigenvalue weighted by molar-refractivity contribution is -0.107. The minimum Gasteiger partial charge on any atom is -0.284 e. The van der Waals surface area contributed by atoms with Crippen LogP contribution < -0.4 is 0 Å². The Hall–Kier alpha value is -2.13. The average molecular weight is 278 g/mol. The van der Waals surface area contributed by atoms with Crippen LogP contribution in [0.3, 0.4) is 0 Å². The van der Waals surface area contributed by atoms with Crippen molar-refractivity contribution < 1.29 is 9.59 Å². The summed E-state index contributed by atoms with van der Waals surface area (Å²) in [6.07, 6.45) is 0. The predicted octanol–water partition coefficient (Wildman–Crippen LogP) is 4.12. The molecule has 3 aromatic rings. The second-order valence-corrected chi connectivity index (χ2v) is 6.02. The Bertz CT molecular complexity index is 925. The van der Waals surface area contributed by atoms with Crippen LogP contribution in [-0.4, -0.2) is 10.9 Å². The Morgan fingerprint density at radius 1 is 0.900 bits per heavy atom. The second kappa shape index (κ2) is 3.93. The maximum Gasteiger partial charge on any atom is 0.264 e. The second-order valence-electron chi connectivity index (χ2n) is 5.04. The summed E-state index contributed by atoms with van der Waals surface area (Å²) in [5, 5.41) is 3.76. The van der Waals surface area contributed by atoms with E-state index in [1.54, 1.807) is 0 Å². The lowest BCUT2D eigenvalue weighted by Gasteiger charge is -2.08. The number of thioether (sulfide) groups is 1. The first-order valence-corrected chi connectivity index (χ1v) is 7.19. The van der Waals surface area contributed by atoms with Crippen molar-refractivity contribution in [2.24, 2.45) is 0 Å². The number of fused-ring (bicyclic) bond motifs is 4. The van der Waals surface area contributed by atoms with Crippen LogP contribution in [0.2, 0.25) is 0 Å². The van der Waals surface area contributed by atoms with Crippen molar-refractivity contribution in [1.82, 2.24) is 0 Å². The van der Waals surface area contributed by atoms with Crippen molar-refractivity contribution in [2.75, 3.05) is 0 Å². The fourth-order valence-electron chi connectivity index (χ4n) is 2.81. The summed E-state index contributed by atoms with van der Waals surface area (Å²) in [5.41, 5.74) is 1.58. The van der Waals surface area contributed by atoms with Gasteiger partial charge in [0.25, 0.3) is 5.12 Å². The van der Waals surface area contributed by atoms with Crippen LogP contribution in [0.1, 0.15) is 15.9 Å². The van der Waals surface area contributed by atoms with Gasteiger partial charge in [0.05, 0.1) is 0 Å². The van der Waals surface area contributed by atoms with Gasteiger partial charge in [-0.05, 0) is 57.9 Å². The molecule has 1 aliphatic rings. The highest BCUT2D eigenvalue weighted by Gasteiger charge is 2.32. The Morgan fingerprint density at radius 3 is 2.35 bits per heavy atom. The zero-order valence-electron chi connectivity index (χ0n) is 10.8. The SMILES string of the molecule is Cc1cc2cc3ccccc3cc2c2c1SC(=O)C2=O. The minimum absolute atomic E-state index is 0.367. The first-order valence-electron chi connectivity index (χ1n) is 6.38. The lowest BCUT2D eigenvalue weighted by atomic mass is 9.96. The van der Waals surface area contributed by atoms with Crippen LogP contribution in [0, 0.1) is 6.92 Å². The average Bonchev–Trinajstić information content (AvgIpc) is 2.74. The third kappa shape index (κ3) is 1.47. The number of ketones is 1. The van der Waals surface area contributed by atoms with E-state index in [0.29, 0.717) is 5.56 Å². The molecule has 1 heterocycles. The lowest BCUT2D eigenvalue weighted by Crippen LogP contribution is -2.03. The van der Waals surface area contributed by atoms with Gasteiger partial charge in [0.2, 0.25) is 5.78 Å². The van der Waals surface area contributed by atoms with Gasteiger partial charge in [-0.15, -0.1) is 0 Å². The maximum absolute atomic E-state index is 12.1. The van der Waals surface area contributed by atoms with Crippen LogP contribution in [0.4, 0.5) is 0 Å². The van der Waals surface area contributed by atoms with Crippen molar-refractivity contribution >= 4 is 44.2 Å². The predicted molar refractivity (Wildman–Crippen MR) is 81.4 cm³/mol. The van der Waals surface area contributed by atoms with E-state index in [4.69, 9.17) is 0 Å². The van der Waals surface area contributed by atoms with Crippen LogP contribution in [0.5, 0.6) is 0 Å². The molecule has 0 amide bonds. The fourth-order valence-corrected chi connectivity index (χ4v) is 3.71. The first kappa shape index (κ1) is 11.7. The largest absolute Gasteiger partial charge is 0.284 e. The molecule has 0 radical (unpaired) electrons. The molecule has 4 rings (SSSR count). The van der Waals surface area contributed by atoms with E-state index in [2.05, 4.69) is 18.2 Å². The van der Waals surface area contributed by atoms with Crippen LogP contribution in [0.15, 0.2) is 47.4 Å². The summed E-state index contributed by atoms with van der Waals surface area (Å²) in [6.45, 7) is 1.95. The molecule has 0 fully saturated rings. The van der Waals surface area contributed by atoms with E-state index >= 15 is 0 Å². The molecule has 1 aliphatic heterocycles. The van der Waals surface area contributed by atoms with Crippen molar-refractivity contribution in [3.63, 3.8) is 0 Å². The molecule has 0 N–H and O–H groups in total. The van der Waals surface area contributed by atoms with E-state index < -0.39 is 0 Å². The van der Waals surface area contributed by atoms with Crippen molar-refractivity contribution in [3.8, 4) is 0 Å². The van der Waals surface area contributed by atoms with Crippen LogP contribution >= 0.6 is 11.8 Å². The molecule has 20 heavy (non-hydrogen) atoms. The molecule has 96 valence electrons. The van der Waals surface area contributed by atoms with E-state index in [0.717, 1.165) is 43.8 Å². The molecule has 0 bridgehead atoms. The third-order valence-electron chi connectivity index (χ3n) is 3.75. The molecule has 3 heteroatoms. The van der Waals surface area contributed by atoms with Gasteiger partial charge >= 0.3 is 0 Å². The number of carbonyl (C=O) groups is 2. The van der Waals surface area contributed by atoms with Gasteiger partial charge < -0.3 is 0 Å². The highest BCUT2D eigenvalue weighted by atomic mass is 32.2. The Kier molecular flexibility index (Phi) is 2.30. The van der Waals surface area contributed by atoms with E-state index in [1.807, 2.05) is 31.2 Å². The summed E-state index contributed by atoms with van der Waals surface area (Å²) in [7, 11) is 0. The highest BCUT2D eigenvalue weighted by Crippen LogP contribution is 2.40. The van der Waals surface area contributed by atoms with Crippen molar-refractivity contribution in [2.45, 2.75) is 11.8 Å². The third-order valence-corrected chi connectivity index (χ3v) is 4.85. The van der Waals surface area contributed by atoms with Gasteiger partial charge in [-0.2, -0.15) is 0 Å². The summed E-state index contributed by atoms with van der Waals surface area (Å²) in [5.74, 6) is -0.367. The Balaban J connectivity index is 2.21. The topological polar surface area (TPSA) is 34.1 Å². The molecule has 0 atom stereocenters. The molecule has 0 spiro atoms. The van der Waals surface area contributed by atoms with Gasteiger partial charge in [-0.3, -0.25) is 9.59 Å². The molecule has 2 nitrogen and oxygen atoms in total. The molecule has 0 aromatic heterocycles. The normalized spacial score (nSPS) is 14.2. The molecule has 0 unspecified atom stereocenters. The van der Waals surface area contributed by atoms with Gasteiger partial charge in [-0.1, -0.05) is 30.3 Å². The number of carbonyl (C=O) groups excluding carboxylic acids is 2. The Labute approximate surface area is 119 Å². The standard InChI is InChI=1S/C17H10O2S/c1-9-6-12-7-10-4-2-3-5-11(10)8-13(12)14-15(18)17(19)20-16(9)14/h2-8H,1H3. The number of benzene rings is 3. The van der Waals surface area contributed by atoms with Crippen molar-refractivity contribution in [3.05, 3.63) is 53.6 Å². The summed E-state index contributed by atoms with van der Waals surface area (Å²) < 4.78 is 0. The molecule has 3 aromatic carbocycles. The molecule has 0 saturated heterocycles. The minimum atomic E-state index is -0.372. The smallest absolute Gasteiger partial charge is 0.264 e. The number of hydrogen-bond acceptors (Lipinski definition) is 3. The van der Waals surface area contributed by atoms with Crippen LogP contribution in [0.25, 0.3) is 21.5 Å². The molecular formula is C17H10O2S.